The smallest absolute Gasteiger partial charge is 0.260 e. The topological polar surface area (TPSA) is 88.6 Å². The largest absolute Gasteiger partial charge is 0.493 e. The summed E-state index contributed by atoms with van der Waals surface area (Å²) in [6.07, 6.45) is 1.61. The average molecular weight is 400 g/mol. The molecule has 1 heterocycles. The van der Waals surface area contributed by atoms with E-state index in [0.717, 1.165) is 11.1 Å². The first-order chi connectivity index (χ1) is 14.7. The van der Waals surface area contributed by atoms with Crippen LogP contribution >= 0.6 is 0 Å². The standard InChI is InChI=1S/C23H20N4O3/c1-29-21-13-17(11-12-20(21)30-15-16-7-3-2-4-8-16)14-24-27-23-25-19-10-6-5-9-18(19)22(28)26-23/h2-14H,15H2,1H3,(H2,25,26,27,28)/b24-14+. The molecule has 4 aromatic rings. The van der Waals surface area contributed by atoms with Crippen molar-refractivity contribution in [3.05, 3.63) is 94.3 Å². The summed E-state index contributed by atoms with van der Waals surface area (Å²) in [6, 6.07) is 22.6. The Kier molecular flexibility index (Phi) is 5.70. The number of methoxy groups -OCH3 is 1. The number of nitrogens with zero attached hydrogens (tertiary/aromatic N) is 2. The SMILES string of the molecule is COc1cc(/C=N/Nc2nc3ccccc3c(=O)[nH]2)ccc1OCc1ccccc1. The molecule has 0 saturated carbocycles. The average Bonchev–Trinajstić information content (AvgIpc) is 2.79. The first kappa shape index (κ1) is 19.2. The van der Waals surface area contributed by atoms with E-state index < -0.39 is 0 Å². The number of anilines is 1. The second kappa shape index (κ2) is 8.91. The van der Waals surface area contributed by atoms with Crippen molar-refractivity contribution in [2.24, 2.45) is 5.10 Å². The van der Waals surface area contributed by atoms with E-state index >= 15 is 0 Å². The molecule has 7 nitrogen and oxygen atoms in total. The molecule has 4 rings (SSSR count). The molecule has 2 N–H and O–H groups in total. The van der Waals surface area contributed by atoms with Gasteiger partial charge in [0.1, 0.15) is 6.61 Å². The molecule has 0 bridgehead atoms. The Balaban J connectivity index is 1.45. The molecular formula is C23H20N4O3. The number of para-hydroxylation sites is 1. The number of aromatic amines is 1. The van der Waals surface area contributed by atoms with E-state index in [9.17, 15) is 4.79 Å². The normalized spacial score (nSPS) is 11.0. The Morgan fingerprint density at radius 1 is 1.03 bits per heavy atom. The number of hydrazone groups is 1. The van der Waals surface area contributed by atoms with E-state index in [1.165, 1.54) is 0 Å². The maximum Gasteiger partial charge on any atom is 0.260 e. The Morgan fingerprint density at radius 2 is 1.83 bits per heavy atom. The van der Waals surface area contributed by atoms with E-state index in [1.54, 1.807) is 31.5 Å². The number of ether oxygens (including phenoxy) is 2. The number of nitrogens with one attached hydrogen (secondary N) is 2. The molecule has 0 unspecified atom stereocenters. The molecule has 30 heavy (non-hydrogen) atoms. The van der Waals surface area contributed by atoms with Crippen LogP contribution in [0, 0.1) is 0 Å². The summed E-state index contributed by atoms with van der Waals surface area (Å²) in [6.45, 7) is 0.452. The van der Waals surface area contributed by atoms with Crippen LogP contribution in [0.15, 0.2) is 82.7 Å². The first-order valence-corrected chi connectivity index (χ1v) is 9.36. The van der Waals surface area contributed by atoms with Crippen LogP contribution in [0.3, 0.4) is 0 Å². The predicted molar refractivity (Wildman–Crippen MR) is 117 cm³/mol. The summed E-state index contributed by atoms with van der Waals surface area (Å²) in [7, 11) is 1.59. The van der Waals surface area contributed by atoms with Gasteiger partial charge in [-0.1, -0.05) is 42.5 Å². The van der Waals surface area contributed by atoms with Gasteiger partial charge in [-0.25, -0.2) is 10.4 Å². The molecule has 0 saturated heterocycles. The molecule has 3 aromatic carbocycles. The van der Waals surface area contributed by atoms with Gasteiger partial charge in [0.2, 0.25) is 5.95 Å². The van der Waals surface area contributed by atoms with Crippen LogP contribution in [0.25, 0.3) is 10.9 Å². The third-order valence-corrected chi connectivity index (χ3v) is 4.42. The highest BCUT2D eigenvalue weighted by Gasteiger charge is 2.06. The molecule has 0 fully saturated rings. The van der Waals surface area contributed by atoms with Crippen molar-refractivity contribution >= 4 is 23.1 Å². The molecule has 0 atom stereocenters. The molecule has 7 heteroatoms. The van der Waals surface area contributed by atoms with Crippen LogP contribution in [0.2, 0.25) is 0 Å². The number of rotatable bonds is 7. The lowest BCUT2D eigenvalue weighted by molar-refractivity contribution is 0.284. The number of fused-ring (bicyclic) bond motifs is 1. The van der Waals surface area contributed by atoms with Gasteiger partial charge in [-0.3, -0.25) is 9.78 Å². The third-order valence-electron chi connectivity index (χ3n) is 4.42. The predicted octanol–water partition coefficient (Wildman–Crippen LogP) is 3.96. The van der Waals surface area contributed by atoms with Gasteiger partial charge >= 0.3 is 0 Å². The van der Waals surface area contributed by atoms with Crippen molar-refractivity contribution in [1.82, 2.24) is 9.97 Å². The van der Waals surface area contributed by atoms with E-state index in [2.05, 4.69) is 20.5 Å². The number of benzene rings is 3. The minimum absolute atomic E-state index is 0.222. The first-order valence-electron chi connectivity index (χ1n) is 9.36. The van der Waals surface area contributed by atoms with Gasteiger partial charge in [-0.05, 0) is 41.5 Å². The van der Waals surface area contributed by atoms with Crippen LogP contribution in [0.1, 0.15) is 11.1 Å². The molecule has 0 amide bonds. The van der Waals surface area contributed by atoms with Crippen LogP contribution in [0.4, 0.5) is 5.95 Å². The Hall–Kier alpha value is -4.13. The van der Waals surface area contributed by atoms with Gasteiger partial charge in [0.05, 0.1) is 24.2 Å². The highest BCUT2D eigenvalue weighted by Crippen LogP contribution is 2.28. The Morgan fingerprint density at radius 3 is 2.67 bits per heavy atom. The Bertz CT molecular complexity index is 1240. The monoisotopic (exact) mass is 400 g/mol. The van der Waals surface area contributed by atoms with Gasteiger partial charge in [0.25, 0.3) is 5.56 Å². The third kappa shape index (κ3) is 4.47. The minimum atomic E-state index is -0.222. The number of aromatic nitrogens is 2. The quantitative estimate of drug-likeness (QED) is 0.362. The number of H-pyrrole nitrogens is 1. The zero-order chi connectivity index (χ0) is 20.8. The summed E-state index contributed by atoms with van der Waals surface area (Å²) in [5.41, 5.74) is 5.01. The molecular weight excluding hydrogens is 380 g/mol. The molecule has 150 valence electrons. The molecule has 1 aromatic heterocycles. The summed E-state index contributed by atoms with van der Waals surface area (Å²) < 4.78 is 11.3. The van der Waals surface area contributed by atoms with Crippen molar-refractivity contribution in [1.29, 1.82) is 0 Å². The van der Waals surface area contributed by atoms with Crippen molar-refractivity contribution in [2.45, 2.75) is 6.61 Å². The molecule has 0 aliphatic rings. The summed E-state index contributed by atoms with van der Waals surface area (Å²) >= 11 is 0. The zero-order valence-electron chi connectivity index (χ0n) is 16.3. The van der Waals surface area contributed by atoms with Crippen LogP contribution in [-0.2, 0) is 6.61 Å². The highest BCUT2D eigenvalue weighted by molar-refractivity contribution is 5.82. The van der Waals surface area contributed by atoms with E-state index in [0.29, 0.717) is 29.0 Å². The van der Waals surface area contributed by atoms with Crippen LogP contribution < -0.4 is 20.5 Å². The summed E-state index contributed by atoms with van der Waals surface area (Å²) in [5, 5.41) is 4.68. The summed E-state index contributed by atoms with van der Waals surface area (Å²) in [5.74, 6) is 1.52. The van der Waals surface area contributed by atoms with E-state index in [-0.39, 0.29) is 11.5 Å². The molecule has 0 radical (unpaired) electrons. The van der Waals surface area contributed by atoms with Gasteiger partial charge in [-0.2, -0.15) is 5.10 Å². The fourth-order valence-corrected chi connectivity index (χ4v) is 2.93. The van der Waals surface area contributed by atoms with E-state index in [1.807, 2.05) is 54.6 Å². The van der Waals surface area contributed by atoms with Gasteiger partial charge in [0, 0.05) is 0 Å². The summed E-state index contributed by atoms with van der Waals surface area (Å²) in [4.78, 5) is 19.1. The van der Waals surface area contributed by atoms with Gasteiger partial charge in [0.15, 0.2) is 11.5 Å². The van der Waals surface area contributed by atoms with Gasteiger partial charge in [-0.15, -0.1) is 0 Å². The lowest BCUT2D eigenvalue weighted by Crippen LogP contribution is -2.10. The minimum Gasteiger partial charge on any atom is -0.493 e. The van der Waals surface area contributed by atoms with Gasteiger partial charge < -0.3 is 9.47 Å². The number of hydrogen-bond donors (Lipinski definition) is 2. The highest BCUT2D eigenvalue weighted by atomic mass is 16.5. The van der Waals surface area contributed by atoms with Crippen molar-refractivity contribution in [2.75, 3.05) is 12.5 Å². The van der Waals surface area contributed by atoms with Crippen molar-refractivity contribution in [3.63, 3.8) is 0 Å². The fourth-order valence-electron chi connectivity index (χ4n) is 2.93. The maximum absolute atomic E-state index is 12.1. The second-order valence-electron chi connectivity index (χ2n) is 6.49. The fraction of sp³-hybridized carbons (Fsp3) is 0.0870. The van der Waals surface area contributed by atoms with Crippen LogP contribution in [-0.4, -0.2) is 23.3 Å². The second-order valence-corrected chi connectivity index (χ2v) is 6.49. The lowest BCUT2D eigenvalue weighted by atomic mass is 10.2. The van der Waals surface area contributed by atoms with Crippen molar-refractivity contribution in [3.8, 4) is 11.5 Å². The van der Waals surface area contributed by atoms with Crippen LogP contribution in [0.5, 0.6) is 11.5 Å². The number of hydrogen-bond acceptors (Lipinski definition) is 6. The zero-order valence-corrected chi connectivity index (χ0v) is 16.3. The maximum atomic E-state index is 12.1. The van der Waals surface area contributed by atoms with E-state index in [4.69, 9.17) is 9.47 Å². The lowest BCUT2D eigenvalue weighted by Gasteiger charge is -2.11. The molecule has 0 aliphatic carbocycles. The molecule has 0 aliphatic heterocycles. The molecule has 0 spiro atoms. The van der Waals surface area contributed by atoms with Crippen molar-refractivity contribution < 1.29 is 9.47 Å². The Labute approximate surface area is 173 Å².